The van der Waals surface area contributed by atoms with Crippen molar-refractivity contribution in [3.63, 3.8) is 0 Å². The van der Waals surface area contributed by atoms with Crippen molar-refractivity contribution in [2.75, 3.05) is 6.54 Å². The van der Waals surface area contributed by atoms with Crippen LogP contribution in [0.2, 0.25) is 0 Å². The lowest BCUT2D eigenvalue weighted by molar-refractivity contribution is 0.378. The third-order valence-electron chi connectivity index (χ3n) is 3.06. The molecule has 0 saturated heterocycles. The summed E-state index contributed by atoms with van der Waals surface area (Å²) in [5.41, 5.74) is 3.67. The van der Waals surface area contributed by atoms with Crippen LogP contribution < -0.4 is 0 Å². The number of nitrogens with zero attached hydrogens (tertiary/aromatic N) is 1. The summed E-state index contributed by atoms with van der Waals surface area (Å²) in [5, 5.41) is 1.31. The Bertz CT molecular complexity index is 512. The number of hydrogen-bond acceptors (Lipinski definition) is 2. The third-order valence-corrected chi connectivity index (χ3v) is 3.06. The van der Waals surface area contributed by atoms with E-state index in [-0.39, 0.29) is 0 Å². The van der Waals surface area contributed by atoms with Crippen LogP contribution in [0, 0.1) is 0 Å². The minimum atomic E-state index is 0.910. The zero-order valence-corrected chi connectivity index (χ0v) is 8.57. The van der Waals surface area contributed by atoms with E-state index in [0.717, 1.165) is 25.1 Å². The van der Waals surface area contributed by atoms with Gasteiger partial charge < -0.3 is 9.32 Å². The maximum Gasteiger partial charge on any atom is 0.134 e. The van der Waals surface area contributed by atoms with Crippen LogP contribution in [-0.4, -0.2) is 11.4 Å². The minimum Gasteiger partial charge on any atom is -0.464 e. The second-order valence-electron chi connectivity index (χ2n) is 3.95. The first-order chi connectivity index (χ1) is 7.38. The highest BCUT2D eigenvalue weighted by Crippen LogP contribution is 2.28. The lowest BCUT2D eigenvalue weighted by Gasteiger charge is -2.16. The Morgan fingerprint density at radius 3 is 3.13 bits per heavy atom. The van der Waals surface area contributed by atoms with E-state index in [4.69, 9.17) is 4.42 Å². The van der Waals surface area contributed by atoms with Gasteiger partial charge in [0, 0.05) is 24.0 Å². The van der Waals surface area contributed by atoms with Crippen molar-refractivity contribution in [3.8, 4) is 0 Å². The molecule has 0 amide bonds. The zero-order chi connectivity index (χ0) is 10.3. The van der Waals surface area contributed by atoms with Crippen LogP contribution in [0.25, 0.3) is 11.0 Å². The molecule has 0 aliphatic carbocycles. The predicted molar refractivity (Wildman–Crippen MR) is 60.5 cm³/mol. The first-order valence-corrected chi connectivity index (χ1v) is 5.23. The smallest absolute Gasteiger partial charge is 0.134 e. The summed E-state index contributed by atoms with van der Waals surface area (Å²) in [6, 6.07) is 6.29. The van der Waals surface area contributed by atoms with E-state index in [2.05, 4.69) is 23.6 Å². The Kier molecular flexibility index (Phi) is 1.81. The molecule has 15 heavy (non-hydrogen) atoms. The highest BCUT2D eigenvalue weighted by molar-refractivity contribution is 5.85. The molecule has 0 bridgehead atoms. The summed E-state index contributed by atoms with van der Waals surface area (Å²) >= 11 is 0. The van der Waals surface area contributed by atoms with Crippen LogP contribution in [0.15, 0.2) is 41.7 Å². The van der Waals surface area contributed by atoms with E-state index in [1.54, 1.807) is 0 Å². The molecule has 0 saturated carbocycles. The SMILES string of the molecule is C=CN1CCc2cccc3occ(c23)C1. The molecular formula is C13H13NO. The Hall–Kier alpha value is -1.70. The van der Waals surface area contributed by atoms with Crippen molar-refractivity contribution in [2.45, 2.75) is 13.0 Å². The number of hydrogen-bond donors (Lipinski definition) is 0. The van der Waals surface area contributed by atoms with Gasteiger partial charge in [-0.05, 0) is 24.3 Å². The number of benzene rings is 1. The standard InChI is InChI=1S/C13H13NO/c1-2-14-7-6-10-4-3-5-12-13(10)11(8-14)9-15-12/h2-5,9H,1,6-8H2. The van der Waals surface area contributed by atoms with Gasteiger partial charge in [-0.1, -0.05) is 18.7 Å². The molecule has 2 heteroatoms. The molecule has 0 N–H and O–H groups in total. The van der Waals surface area contributed by atoms with Crippen LogP contribution in [0.1, 0.15) is 11.1 Å². The van der Waals surface area contributed by atoms with Gasteiger partial charge in [0.25, 0.3) is 0 Å². The third kappa shape index (κ3) is 1.25. The van der Waals surface area contributed by atoms with Crippen molar-refractivity contribution >= 4 is 11.0 Å². The van der Waals surface area contributed by atoms with Gasteiger partial charge in [0.05, 0.1) is 6.26 Å². The van der Waals surface area contributed by atoms with Gasteiger partial charge in [0.1, 0.15) is 5.58 Å². The monoisotopic (exact) mass is 199 g/mol. The molecule has 76 valence electrons. The van der Waals surface area contributed by atoms with Crippen molar-refractivity contribution in [3.05, 3.63) is 48.4 Å². The van der Waals surface area contributed by atoms with E-state index in [1.807, 2.05) is 18.5 Å². The highest BCUT2D eigenvalue weighted by Gasteiger charge is 2.16. The molecule has 1 aliphatic rings. The normalized spacial score (nSPS) is 15.3. The van der Waals surface area contributed by atoms with E-state index < -0.39 is 0 Å². The van der Waals surface area contributed by atoms with Gasteiger partial charge >= 0.3 is 0 Å². The zero-order valence-electron chi connectivity index (χ0n) is 8.57. The summed E-state index contributed by atoms with van der Waals surface area (Å²) in [5.74, 6) is 0. The van der Waals surface area contributed by atoms with Crippen LogP contribution in [0.4, 0.5) is 0 Å². The molecule has 1 aliphatic heterocycles. The van der Waals surface area contributed by atoms with E-state index in [0.29, 0.717) is 0 Å². The van der Waals surface area contributed by atoms with Gasteiger partial charge in [-0.15, -0.1) is 0 Å². The van der Waals surface area contributed by atoms with Gasteiger partial charge in [-0.3, -0.25) is 0 Å². The van der Waals surface area contributed by atoms with Crippen molar-refractivity contribution < 1.29 is 4.42 Å². The van der Waals surface area contributed by atoms with Crippen LogP contribution in [-0.2, 0) is 13.0 Å². The van der Waals surface area contributed by atoms with Crippen LogP contribution >= 0.6 is 0 Å². The fraction of sp³-hybridized carbons (Fsp3) is 0.231. The number of rotatable bonds is 1. The molecule has 0 radical (unpaired) electrons. The fourth-order valence-corrected chi connectivity index (χ4v) is 2.28. The topological polar surface area (TPSA) is 16.4 Å². The first-order valence-electron chi connectivity index (χ1n) is 5.23. The number of furan rings is 1. The maximum absolute atomic E-state index is 5.55. The van der Waals surface area contributed by atoms with Crippen molar-refractivity contribution in [1.82, 2.24) is 4.90 Å². The molecule has 0 spiro atoms. The van der Waals surface area contributed by atoms with Crippen LogP contribution in [0.3, 0.4) is 0 Å². The predicted octanol–water partition coefficient (Wildman–Crippen LogP) is 2.93. The second kappa shape index (κ2) is 3.16. The Morgan fingerprint density at radius 1 is 1.33 bits per heavy atom. The lowest BCUT2D eigenvalue weighted by atomic mass is 10.1. The molecule has 2 nitrogen and oxygen atoms in total. The lowest BCUT2D eigenvalue weighted by Crippen LogP contribution is -2.16. The largest absolute Gasteiger partial charge is 0.464 e. The van der Waals surface area contributed by atoms with Gasteiger partial charge in [0.2, 0.25) is 0 Å². The van der Waals surface area contributed by atoms with E-state index in [1.165, 1.54) is 16.5 Å². The maximum atomic E-state index is 5.55. The van der Waals surface area contributed by atoms with Crippen LogP contribution in [0.5, 0.6) is 0 Å². The Labute approximate surface area is 88.8 Å². The van der Waals surface area contributed by atoms with Gasteiger partial charge in [0.15, 0.2) is 0 Å². The molecule has 3 rings (SSSR count). The molecule has 0 unspecified atom stereocenters. The molecule has 2 aromatic rings. The fourth-order valence-electron chi connectivity index (χ4n) is 2.28. The average molecular weight is 199 g/mol. The minimum absolute atomic E-state index is 0.910. The summed E-state index contributed by atoms with van der Waals surface area (Å²) < 4.78 is 5.55. The molecule has 1 aromatic heterocycles. The Balaban J connectivity index is 2.22. The van der Waals surface area contributed by atoms with Gasteiger partial charge in [-0.2, -0.15) is 0 Å². The highest BCUT2D eigenvalue weighted by atomic mass is 16.3. The molecule has 1 aromatic carbocycles. The molecule has 0 fully saturated rings. The Morgan fingerprint density at radius 2 is 2.27 bits per heavy atom. The summed E-state index contributed by atoms with van der Waals surface area (Å²) in [4.78, 5) is 2.23. The van der Waals surface area contributed by atoms with E-state index in [9.17, 15) is 0 Å². The summed E-state index contributed by atoms with van der Waals surface area (Å²) in [6.07, 6.45) is 4.84. The first kappa shape index (κ1) is 8.60. The van der Waals surface area contributed by atoms with Crippen molar-refractivity contribution in [1.29, 1.82) is 0 Å². The second-order valence-corrected chi connectivity index (χ2v) is 3.95. The van der Waals surface area contributed by atoms with Gasteiger partial charge in [-0.25, -0.2) is 0 Å². The molecular weight excluding hydrogens is 186 g/mol. The quantitative estimate of drug-likeness (QED) is 0.702. The van der Waals surface area contributed by atoms with Crippen molar-refractivity contribution in [2.24, 2.45) is 0 Å². The van der Waals surface area contributed by atoms with E-state index >= 15 is 0 Å². The molecule has 0 atom stereocenters. The summed E-state index contributed by atoms with van der Waals surface area (Å²) in [6.45, 7) is 5.78. The average Bonchev–Trinajstić information content (AvgIpc) is 2.57. The summed E-state index contributed by atoms with van der Waals surface area (Å²) in [7, 11) is 0. The molecule has 2 heterocycles.